The lowest BCUT2D eigenvalue weighted by molar-refractivity contribution is 0.0277. The van der Waals surface area contributed by atoms with E-state index in [4.69, 9.17) is 9.47 Å². The molecule has 0 bridgehead atoms. The number of methoxy groups -OCH3 is 1. The summed E-state index contributed by atoms with van der Waals surface area (Å²) in [4.78, 5) is 52.3. The van der Waals surface area contributed by atoms with Crippen LogP contribution < -0.4 is 9.64 Å². The molecule has 166 valence electrons. The number of carbonyl (C=O) groups excluding carboxylic acids is 4. The number of fused-ring (bicyclic) bond motifs is 1. The molecule has 0 saturated heterocycles. The maximum atomic E-state index is 13.0. The number of ether oxygens (including phenoxy) is 2. The molecule has 0 radical (unpaired) electrons. The van der Waals surface area contributed by atoms with Crippen LogP contribution in [0.3, 0.4) is 0 Å². The molecule has 0 aromatic heterocycles. The Hall–Kier alpha value is -4.26. The number of rotatable bonds is 7. The van der Waals surface area contributed by atoms with Gasteiger partial charge in [-0.3, -0.25) is 14.4 Å². The summed E-state index contributed by atoms with van der Waals surface area (Å²) in [6, 6.07) is 19.3. The molecule has 1 aliphatic rings. The summed E-state index contributed by atoms with van der Waals surface area (Å²) in [5.74, 6) is -1.47. The van der Waals surface area contributed by atoms with Crippen molar-refractivity contribution in [2.24, 2.45) is 0 Å². The summed E-state index contributed by atoms with van der Waals surface area (Å²) >= 11 is 0. The first-order chi connectivity index (χ1) is 15.9. The van der Waals surface area contributed by atoms with Gasteiger partial charge in [-0.05, 0) is 48.9 Å². The highest BCUT2D eigenvalue weighted by atomic mass is 16.5. The zero-order valence-corrected chi connectivity index (χ0v) is 18.1. The predicted octanol–water partition coefficient (Wildman–Crippen LogP) is 4.31. The Kier molecular flexibility index (Phi) is 6.04. The fourth-order valence-electron chi connectivity index (χ4n) is 3.64. The smallest absolute Gasteiger partial charge is 0.338 e. The van der Waals surface area contributed by atoms with Crippen LogP contribution in [0.5, 0.6) is 5.75 Å². The first kappa shape index (κ1) is 22.0. The van der Waals surface area contributed by atoms with Crippen LogP contribution in [-0.4, -0.2) is 36.8 Å². The van der Waals surface area contributed by atoms with Gasteiger partial charge in [-0.1, -0.05) is 37.3 Å². The molecule has 0 aliphatic carbocycles. The SMILES string of the molecule is CC[C@H](OC(=O)c1ccc2c(c1)C(=O)N(c1ccc(OC)cc1)C2=O)C(=O)c1ccccc1. The molecule has 1 heterocycles. The van der Waals surface area contributed by atoms with Gasteiger partial charge in [0.2, 0.25) is 5.78 Å². The first-order valence-corrected chi connectivity index (χ1v) is 10.4. The monoisotopic (exact) mass is 443 g/mol. The Morgan fingerprint density at radius 2 is 1.52 bits per heavy atom. The van der Waals surface area contributed by atoms with Crippen molar-refractivity contribution in [1.82, 2.24) is 0 Å². The highest BCUT2D eigenvalue weighted by Crippen LogP contribution is 2.30. The Morgan fingerprint density at radius 3 is 2.15 bits per heavy atom. The van der Waals surface area contributed by atoms with Crippen LogP contribution in [0.2, 0.25) is 0 Å². The van der Waals surface area contributed by atoms with Crippen LogP contribution in [0.4, 0.5) is 5.69 Å². The molecule has 33 heavy (non-hydrogen) atoms. The highest BCUT2D eigenvalue weighted by molar-refractivity contribution is 6.34. The van der Waals surface area contributed by atoms with Gasteiger partial charge < -0.3 is 9.47 Å². The van der Waals surface area contributed by atoms with Crippen LogP contribution in [0.15, 0.2) is 72.8 Å². The number of hydrogen-bond acceptors (Lipinski definition) is 6. The molecular formula is C26H21NO6. The van der Waals surface area contributed by atoms with Gasteiger partial charge in [0.25, 0.3) is 11.8 Å². The number of esters is 1. The summed E-state index contributed by atoms with van der Waals surface area (Å²) in [6.07, 6.45) is -0.658. The van der Waals surface area contributed by atoms with Crippen LogP contribution in [0.1, 0.15) is 54.8 Å². The molecule has 3 aromatic carbocycles. The number of nitrogens with zero attached hydrogens (tertiary/aromatic N) is 1. The fraction of sp³-hybridized carbons (Fsp3) is 0.154. The van der Waals surface area contributed by atoms with Gasteiger partial charge in [-0.2, -0.15) is 0 Å². The molecule has 0 spiro atoms. The molecule has 3 aromatic rings. The lowest BCUT2D eigenvalue weighted by atomic mass is 10.0. The number of ketones is 1. The second-order valence-corrected chi connectivity index (χ2v) is 7.44. The van der Waals surface area contributed by atoms with E-state index in [1.165, 1.54) is 25.3 Å². The Bertz CT molecular complexity index is 1230. The van der Waals surface area contributed by atoms with Crippen LogP contribution in [-0.2, 0) is 4.74 Å². The van der Waals surface area contributed by atoms with E-state index in [9.17, 15) is 19.2 Å². The molecule has 2 amide bonds. The Balaban J connectivity index is 1.56. The quantitative estimate of drug-likeness (QED) is 0.307. The third-order valence-electron chi connectivity index (χ3n) is 5.42. The normalized spacial score (nSPS) is 13.5. The van der Waals surface area contributed by atoms with E-state index in [2.05, 4.69) is 0 Å². The minimum atomic E-state index is -0.957. The molecule has 1 aliphatic heterocycles. The van der Waals surface area contributed by atoms with Crippen LogP contribution in [0.25, 0.3) is 0 Å². The lowest BCUT2D eigenvalue weighted by Crippen LogP contribution is -2.29. The van der Waals surface area contributed by atoms with E-state index in [1.807, 2.05) is 0 Å². The zero-order chi connectivity index (χ0) is 23.5. The summed E-state index contributed by atoms with van der Waals surface area (Å²) in [5, 5.41) is 0. The van der Waals surface area contributed by atoms with Gasteiger partial charge in [0.1, 0.15) is 5.75 Å². The molecule has 7 heteroatoms. The lowest BCUT2D eigenvalue weighted by Gasteiger charge is -2.15. The molecule has 0 saturated carbocycles. The third-order valence-corrected chi connectivity index (χ3v) is 5.42. The number of Topliss-reactive ketones (excluding diaryl/α,β-unsaturated/α-hetero) is 1. The first-order valence-electron chi connectivity index (χ1n) is 10.4. The molecule has 4 rings (SSSR count). The van der Waals surface area contributed by atoms with Crippen molar-refractivity contribution >= 4 is 29.3 Å². The van der Waals surface area contributed by atoms with Crippen molar-refractivity contribution in [2.45, 2.75) is 19.4 Å². The maximum absolute atomic E-state index is 13.0. The van der Waals surface area contributed by atoms with Crippen LogP contribution >= 0.6 is 0 Å². The van der Waals surface area contributed by atoms with Gasteiger partial charge in [-0.25, -0.2) is 9.69 Å². The Labute approximate surface area is 190 Å². The fourth-order valence-corrected chi connectivity index (χ4v) is 3.64. The van der Waals surface area contributed by atoms with Crippen molar-refractivity contribution in [2.75, 3.05) is 12.0 Å². The largest absolute Gasteiger partial charge is 0.497 e. The standard InChI is InChI=1S/C26H21NO6/c1-3-22(23(28)16-7-5-4-6-8-16)33-26(31)17-9-14-20-21(15-17)25(30)27(24(20)29)18-10-12-19(32-2)13-11-18/h4-15,22H,3H2,1-2H3/t22-/m0/s1. The summed E-state index contributed by atoms with van der Waals surface area (Å²) in [6.45, 7) is 1.75. The Morgan fingerprint density at radius 1 is 0.848 bits per heavy atom. The number of anilines is 1. The van der Waals surface area contributed by atoms with Gasteiger partial charge in [0, 0.05) is 5.56 Å². The zero-order valence-electron chi connectivity index (χ0n) is 18.1. The average Bonchev–Trinajstić information content (AvgIpc) is 3.11. The molecule has 7 nitrogen and oxygen atoms in total. The summed E-state index contributed by atoms with van der Waals surface area (Å²) in [7, 11) is 1.52. The van der Waals surface area contributed by atoms with Crippen molar-refractivity contribution in [1.29, 1.82) is 0 Å². The number of imide groups is 1. The number of carbonyl (C=O) groups is 4. The number of amides is 2. The molecule has 0 fully saturated rings. The van der Waals surface area contributed by atoms with E-state index in [-0.39, 0.29) is 22.5 Å². The predicted molar refractivity (Wildman–Crippen MR) is 121 cm³/mol. The average molecular weight is 443 g/mol. The van der Waals surface area contributed by atoms with E-state index < -0.39 is 23.9 Å². The summed E-state index contributed by atoms with van der Waals surface area (Å²) < 4.78 is 10.6. The van der Waals surface area contributed by atoms with E-state index >= 15 is 0 Å². The second-order valence-electron chi connectivity index (χ2n) is 7.44. The summed E-state index contributed by atoms with van der Waals surface area (Å²) in [5.41, 5.74) is 1.23. The van der Waals surface area contributed by atoms with Gasteiger partial charge in [0.05, 0.1) is 29.5 Å². The third kappa shape index (κ3) is 4.13. The maximum Gasteiger partial charge on any atom is 0.338 e. The molecule has 0 unspecified atom stereocenters. The van der Waals surface area contributed by atoms with E-state index in [0.29, 0.717) is 23.4 Å². The van der Waals surface area contributed by atoms with Gasteiger partial charge in [0.15, 0.2) is 6.10 Å². The minimum Gasteiger partial charge on any atom is -0.497 e. The van der Waals surface area contributed by atoms with Crippen molar-refractivity contribution in [3.05, 3.63) is 95.1 Å². The van der Waals surface area contributed by atoms with Gasteiger partial charge in [-0.15, -0.1) is 0 Å². The van der Waals surface area contributed by atoms with Crippen molar-refractivity contribution in [3.63, 3.8) is 0 Å². The minimum absolute atomic E-state index is 0.0887. The van der Waals surface area contributed by atoms with Gasteiger partial charge >= 0.3 is 5.97 Å². The molecular weight excluding hydrogens is 422 g/mol. The topological polar surface area (TPSA) is 90.0 Å². The van der Waals surface area contributed by atoms with Crippen molar-refractivity contribution in [3.8, 4) is 5.75 Å². The number of hydrogen-bond donors (Lipinski definition) is 0. The molecule has 0 N–H and O–H groups in total. The van der Waals surface area contributed by atoms with Crippen LogP contribution in [0, 0.1) is 0 Å². The molecule has 1 atom stereocenters. The highest BCUT2D eigenvalue weighted by Gasteiger charge is 2.37. The number of benzene rings is 3. The second kappa shape index (κ2) is 9.08. The van der Waals surface area contributed by atoms with E-state index in [1.54, 1.807) is 61.5 Å². The van der Waals surface area contributed by atoms with Crippen molar-refractivity contribution < 1.29 is 28.7 Å². The van der Waals surface area contributed by atoms with E-state index in [0.717, 1.165) is 4.90 Å².